The molecule has 0 aliphatic carbocycles. The second-order valence-electron chi connectivity index (χ2n) is 6.96. The number of benzene rings is 2. The van der Waals surface area contributed by atoms with Crippen LogP contribution < -0.4 is 5.32 Å². The second kappa shape index (κ2) is 9.84. The van der Waals surface area contributed by atoms with Crippen molar-refractivity contribution in [2.24, 2.45) is 0 Å². The summed E-state index contributed by atoms with van der Waals surface area (Å²) in [6.07, 6.45) is 0. The first-order chi connectivity index (χ1) is 14.3. The van der Waals surface area contributed by atoms with Crippen molar-refractivity contribution < 1.29 is 22.3 Å². The lowest BCUT2D eigenvalue weighted by Crippen LogP contribution is -2.40. The summed E-state index contributed by atoms with van der Waals surface area (Å²) in [5, 5.41) is 3.02. The fourth-order valence-electron chi connectivity index (χ4n) is 3.10. The van der Waals surface area contributed by atoms with Crippen molar-refractivity contribution in [3.8, 4) is 0 Å². The third kappa shape index (κ3) is 5.55. The highest BCUT2D eigenvalue weighted by Gasteiger charge is 2.26. The largest absolute Gasteiger partial charge is 0.379 e. The van der Waals surface area contributed by atoms with Crippen LogP contribution in [0, 0.1) is 5.82 Å². The van der Waals surface area contributed by atoms with Crippen molar-refractivity contribution in [1.29, 1.82) is 0 Å². The minimum Gasteiger partial charge on any atom is -0.379 e. The summed E-state index contributed by atoms with van der Waals surface area (Å²) in [6, 6.07) is 10.4. The van der Waals surface area contributed by atoms with Gasteiger partial charge in [0.15, 0.2) is 0 Å². The van der Waals surface area contributed by atoms with E-state index in [1.807, 2.05) is 0 Å². The third-order valence-electron chi connectivity index (χ3n) is 4.65. The van der Waals surface area contributed by atoms with E-state index in [1.165, 1.54) is 28.6 Å². The molecular weight excluding hydrogens is 433 g/mol. The Hall–Kier alpha value is -2.04. The van der Waals surface area contributed by atoms with Gasteiger partial charge < -0.3 is 10.1 Å². The van der Waals surface area contributed by atoms with Crippen molar-refractivity contribution in [3.05, 3.63) is 58.9 Å². The number of hydrogen-bond donors (Lipinski definition) is 1. The van der Waals surface area contributed by atoms with Gasteiger partial charge in [0, 0.05) is 35.9 Å². The molecule has 0 radical (unpaired) electrons. The molecule has 162 valence electrons. The predicted octanol–water partition coefficient (Wildman–Crippen LogP) is 2.57. The molecule has 1 saturated heterocycles. The minimum atomic E-state index is -3.58. The number of carbonyl (C=O) groups is 1. The van der Waals surface area contributed by atoms with Gasteiger partial charge in [0.25, 0.3) is 0 Å². The molecule has 0 aromatic heterocycles. The number of sulfonamides is 1. The van der Waals surface area contributed by atoms with Crippen LogP contribution in [0.2, 0.25) is 5.02 Å². The van der Waals surface area contributed by atoms with Crippen molar-refractivity contribution in [2.75, 3.05) is 45.2 Å². The van der Waals surface area contributed by atoms with E-state index in [9.17, 15) is 17.6 Å². The van der Waals surface area contributed by atoms with Gasteiger partial charge >= 0.3 is 0 Å². The molecule has 0 spiro atoms. The van der Waals surface area contributed by atoms with Crippen LogP contribution in [0.4, 0.5) is 10.1 Å². The molecule has 30 heavy (non-hydrogen) atoms. The average molecular weight is 456 g/mol. The molecule has 1 heterocycles. The van der Waals surface area contributed by atoms with Crippen LogP contribution in [0.25, 0.3) is 0 Å². The first-order valence-corrected chi connectivity index (χ1v) is 11.2. The van der Waals surface area contributed by atoms with Crippen LogP contribution in [0.1, 0.15) is 5.56 Å². The number of amides is 1. The molecule has 2 aromatic carbocycles. The van der Waals surface area contributed by atoms with Crippen LogP contribution in [0.3, 0.4) is 0 Å². The fourth-order valence-corrected chi connectivity index (χ4v) is 4.73. The number of anilines is 1. The van der Waals surface area contributed by atoms with Crippen molar-refractivity contribution in [3.63, 3.8) is 0 Å². The average Bonchev–Trinajstić information content (AvgIpc) is 2.72. The molecule has 7 nitrogen and oxygen atoms in total. The van der Waals surface area contributed by atoms with Crippen LogP contribution in [-0.4, -0.2) is 63.4 Å². The monoisotopic (exact) mass is 455 g/mol. The molecule has 0 unspecified atom stereocenters. The number of likely N-dealkylation sites (N-methyl/N-ethyl adjacent to an activating group) is 1. The number of rotatable bonds is 7. The number of hydrogen-bond acceptors (Lipinski definition) is 5. The van der Waals surface area contributed by atoms with E-state index in [0.29, 0.717) is 42.6 Å². The molecule has 1 aliphatic rings. The van der Waals surface area contributed by atoms with E-state index in [2.05, 4.69) is 5.32 Å². The number of nitrogens with zero attached hydrogens (tertiary/aromatic N) is 2. The van der Waals surface area contributed by atoms with Gasteiger partial charge in [-0.2, -0.15) is 4.31 Å². The maximum absolute atomic E-state index is 13.9. The normalized spacial score (nSPS) is 15.3. The molecule has 1 amide bonds. The van der Waals surface area contributed by atoms with Gasteiger partial charge in [-0.1, -0.05) is 17.7 Å². The topological polar surface area (TPSA) is 79.0 Å². The zero-order chi connectivity index (χ0) is 21.7. The Labute approximate surface area is 180 Å². The summed E-state index contributed by atoms with van der Waals surface area (Å²) in [4.78, 5) is 14.1. The number of morpholine rings is 1. The van der Waals surface area contributed by atoms with E-state index >= 15 is 0 Å². The van der Waals surface area contributed by atoms with Crippen molar-refractivity contribution in [2.45, 2.75) is 11.4 Å². The lowest BCUT2D eigenvalue weighted by molar-refractivity contribution is -0.117. The molecule has 1 N–H and O–H groups in total. The summed E-state index contributed by atoms with van der Waals surface area (Å²) < 4.78 is 45.7. The Morgan fingerprint density at radius 1 is 1.20 bits per heavy atom. The first-order valence-electron chi connectivity index (χ1n) is 9.36. The van der Waals surface area contributed by atoms with Gasteiger partial charge in [-0.3, -0.25) is 9.69 Å². The summed E-state index contributed by atoms with van der Waals surface area (Å²) in [5.74, 6) is -0.736. The zero-order valence-corrected chi connectivity index (χ0v) is 18.0. The molecule has 0 bridgehead atoms. The highest BCUT2D eigenvalue weighted by Crippen LogP contribution is 2.21. The van der Waals surface area contributed by atoms with Gasteiger partial charge in [0.2, 0.25) is 15.9 Å². The van der Waals surface area contributed by atoms with Crippen LogP contribution in [0.5, 0.6) is 0 Å². The van der Waals surface area contributed by atoms with Gasteiger partial charge in [-0.25, -0.2) is 12.8 Å². The maximum atomic E-state index is 13.9. The number of ether oxygens (including phenoxy) is 1. The van der Waals surface area contributed by atoms with E-state index < -0.39 is 15.8 Å². The number of carbonyl (C=O) groups excluding carboxylic acids is 1. The smallest absolute Gasteiger partial charge is 0.243 e. The van der Waals surface area contributed by atoms with Gasteiger partial charge in [0.05, 0.1) is 24.7 Å². The highest BCUT2D eigenvalue weighted by molar-refractivity contribution is 7.89. The molecule has 0 saturated carbocycles. The summed E-state index contributed by atoms with van der Waals surface area (Å²) in [7, 11) is -1.90. The van der Waals surface area contributed by atoms with Gasteiger partial charge in [-0.15, -0.1) is 0 Å². The predicted molar refractivity (Wildman–Crippen MR) is 112 cm³/mol. The molecule has 0 atom stereocenters. The zero-order valence-electron chi connectivity index (χ0n) is 16.5. The fraction of sp³-hybridized carbons (Fsp3) is 0.350. The van der Waals surface area contributed by atoms with Crippen LogP contribution in [-0.2, 0) is 26.1 Å². The summed E-state index contributed by atoms with van der Waals surface area (Å²) in [6.45, 7) is 1.57. The Balaban J connectivity index is 1.58. The van der Waals surface area contributed by atoms with E-state index in [-0.39, 0.29) is 23.9 Å². The van der Waals surface area contributed by atoms with Gasteiger partial charge in [0.1, 0.15) is 5.82 Å². The lowest BCUT2D eigenvalue weighted by atomic mass is 10.2. The first kappa shape index (κ1) is 22.6. The second-order valence-corrected chi connectivity index (χ2v) is 9.31. The van der Waals surface area contributed by atoms with Crippen LogP contribution >= 0.6 is 11.6 Å². The van der Waals surface area contributed by atoms with Crippen molar-refractivity contribution in [1.82, 2.24) is 9.21 Å². The standard InChI is InChI=1S/C20H23ClFN3O4S/c1-24(13-17-18(21)3-2-4-19(17)22)14-20(26)23-15-5-7-16(8-6-15)30(27,28)25-9-11-29-12-10-25/h2-8H,9-14H2,1H3,(H,23,26). The van der Waals surface area contributed by atoms with Crippen LogP contribution in [0.15, 0.2) is 47.4 Å². The highest BCUT2D eigenvalue weighted by atomic mass is 35.5. The Morgan fingerprint density at radius 2 is 1.87 bits per heavy atom. The number of halogens is 2. The minimum absolute atomic E-state index is 0.0124. The molecular formula is C20H23ClFN3O4S. The Bertz CT molecular complexity index is 975. The summed E-state index contributed by atoms with van der Waals surface area (Å²) in [5.41, 5.74) is 0.797. The molecule has 3 rings (SSSR count). The van der Waals surface area contributed by atoms with Gasteiger partial charge in [-0.05, 0) is 43.4 Å². The molecule has 2 aromatic rings. The van der Waals surface area contributed by atoms with E-state index in [0.717, 1.165) is 0 Å². The Morgan fingerprint density at radius 3 is 2.50 bits per heavy atom. The maximum Gasteiger partial charge on any atom is 0.243 e. The molecule has 1 fully saturated rings. The van der Waals surface area contributed by atoms with Crippen molar-refractivity contribution >= 4 is 33.2 Å². The number of nitrogens with one attached hydrogen (secondary N) is 1. The lowest BCUT2D eigenvalue weighted by Gasteiger charge is -2.26. The van der Waals surface area contributed by atoms with E-state index in [4.69, 9.17) is 16.3 Å². The van der Waals surface area contributed by atoms with E-state index in [1.54, 1.807) is 30.1 Å². The summed E-state index contributed by atoms with van der Waals surface area (Å²) >= 11 is 6.02. The molecule has 1 aliphatic heterocycles. The SMILES string of the molecule is CN(CC(=O)Nc1ccc(S(=O)(=O)N2CCOCC2)cc1)Cc1c(F)cccc1Cl. The molecule has 10 heteroatoms. The third-order valence-corrected chi connectivity index (χ3v) is 6.92. The Kier molecular flexibility index (Phi) is 7.43. The quantitative estimate of drug-likeness (QED) is 0.694.